The van der Waals surface area contributed by atoms with Crippen molar-refractivity contribution in [3.8, 4) is 5.75 Å². The van der Waals surface area contributed by atoms with Crippen LogP contribution >= 0.6 is 0 Å². The van der Waals surface area contributed by atoms with E-state index in [1.165, 1.54) is 44.1 Å². The molecule has 1 aliphatic rings. The van der Waals surface area contributed by atoms with Gasteiger partial charge in [-0.1, -0.05) is 57.6 Å². The number of benzene rings is 1. The maximum Gasteiger partial charge on any atom is 0.323 e. The summed E-state index contributed by atoms with van der Waals surface area (Å²) in [6.07, 6.45) is 15.2. The lowest BCUT2D eigenvalue weighted by molar-refractivity contribution is -0.135. The van der Waals surface area contributed by atoms with Crippen LogP contribution in [0.1, 0.15) is 69.8 Å². The molecule has 6 nitrogen and oxygen atoms in total. The van der Waals surface area contributed by atoms with Crippen LogP contribution in [0.15, 0.2) is 36.9 Å². The number of carbonyl (C=O) groups is 1. The van der Waals surface area contributed by atoms with Crippen LogP contribution in [0.3, 0.4) is 0 Å². The highest BCUT2D eigenvalue weighted by molar-refractivity contribution is 5.78. The first kappa shape index (κ1) is 22.2. The molecule has 0 saturated heterocycles. The Morgan fingerprint density at radius 3 is 2.73 bits per heavy atom. The molecule has 0 spiro atoms. The van der Waals surface area contributed by atoms with Gasteiger partial charge >= 0.3 is 5.97 Å². The van der Waals surface area contributed by atoms with Crippen molar-refractivity contribution in [1.82, 2.24) is 9.55 Å². The Balaban J connectivity index is 1.59. The summed E-state index contributed by atoms with van der Waals surface area (Å²) in [7, 11) is 0. The molecule has 1 N–H and O–H groups in total. The highest BCUT2D eigenvalue weighted by Gasteiger charge is 2.32. The second-order valence-electron chi connectivity index (χ2n) is 8.22. The van der Waals surface area contributed by atoms with Gasteiger partial charge in [0.2, 0.25) is 0 Å². The van der Waals surface area contributed by atoms with Gasteiger partial charge in [0.25, 0.3) is 0 Å². The Kier molecular flexibility index (Phi) is 8.60. The number of para-hydroxylation sites is 1. The average molecular weight is 414 g/mol. The van der Waals surface area contributed by atoms with Crippen molar-refractivity contribution < 1.29 is 14.6 Å². The van der Waals surface area contributed by atoms with Gasteiger partial charge in [0.05, 0.1) is 18.6 Å². The zero-order chi connectivity index (χ0) is 21.2. The molecule has 2 heterocycles. The number of unbranched alkanes of at least 4 members (excludes halogenated alkanes) is 6. The third-order valence-corrected chi connectivity index (χ3v) is 5.85. The highest BCUT2D eigenvalue weighted by atomic mass is 16.5. The molecule has 3 rings (SSSR count). The van der Waals surface area contributed by atoms with Gasteiger partial charge in [0.1, 0.15) is 12.3 Å². The Morgan fingerprint density at radius 2 is 2.00 bits per heavy atom. The number of anilines is 1. The molecule has 6 heteroatoms. The zero-order valence-electron chi connectivity index (χ0n) is 18.1. The van der Waals surface area contributed by atoms with Crippen molar-refractivity contribution in [1.29, 1.82) is 0 Å². The number of hydrogen-bond donors (Lipinski definition) is 1. The Morgan fingerprint density at radius 1 is 1.20 bits per heavy atom. The minimum Gasteiger partial charge on any atom is -0.491 e. The van der Waals surface area contributed by atoms with Crippen LogP contribution in [0.2, 0.25) is 0 Å². The molecule has 0 radical (unpaired) electrons. The quantitative estimate of drug-likeness (QED) is 0.437. The first-order valence-corrected chi connectivity index (χ1v) is 11.4. The molecule has 0 fully saturated rings. The SMILES string of the molecule is CCCCCCCCCOc1cccc2c1N(CC(=O)O)CC2CCn1ccnc1. The number of imidazole rings is 1. The molecule has 164 valence electrons. The van der Waals surface area contributed by atoms with Crippen molar-refractivity contribution in [3.05, 3.63) is 42.5 Å². The minimum absolute atomic E-state index is 0.00633. The number of aliphatic carboxylic acids is 1. The van der Waals surface area contributed by atoms with Crippen LogP contribution < -0.4 is 9.64 Å². The van der Waals surface area contributed by atoms with E-state index in [0.717, 1.165) is 30.8 Å². The number of aromatic nitrogens is 2. The van der Waals surface area contributed by atoms with E-state index in [-0.39, 0.29) is 6.54 Å². The molecular weight excluding hydrogens is 378 g/mol. The van der Waals surface area contributed by atoms with Gasteiger partial charge in [0.15, 0.2) is 0 Å². The lowest BCUT2D eigenvalue weighted by Gasteiger charge is -2.20. The Bertz CT molecular complexity index is 776. The van der Waals surface area contributed by atoms with Crippen molar-refractivity contribution in [2.75, 3.05) is 24.6 Å². The normalized spacial score (nSPS) is 15.4. The summed E-state index contributed by atoms with van der Waals surface area (Å²) in [4.78, 5) is 17.5. The molecule has 2 aromatic rings. The van der Waals surface area contributed by atoms with E-state index in [4.69, 9.17) is 4.74 Å². The van der Waals surface area contributed by atoms with Crippen molar-refractivity contribution in [2.24, 2.45) is 0 Å². The lowest BCUT2D eigenvalue weighted by atomic mass is 9.97. The topological polar surface area (TPSA) is 67.6 Å². The minimum atomic E-state index is -0.807. The lowest BCUT2D eigenvalue weighted by Crippen LogP contribution is -2.29. The summed E-state index contributed by atoms with van der Waals surface area (Å²) in [5.41, 5.74) is 2.17. The van der Waals surface area contributed by atoms with Crippen molar-refractivity contribution in [3.63, 3.8) is 0 Å². The molecule has 1 aromatic carbocycles. The summed E-state index contributed by atoms with van der Waals surface area (Å²) >= 11 is 0. The summed E-state index contributed by atoms with van der Waals surface area (Å²) in [6, 6.07) is 6.14. The van der Waals surface area contributed by atoms with E-state index in [1.807, 2.05) is 29.6 Å². The fourth-order valence-electron chi connectivity index (χ4n) is 4.30. The van der Waals surface area contributed by atoms with Crippen LogP contribution in [0.4, 0.5) is 5.69 Å². The molecule has 1 unspecified atom stereocenters. The number of carboxylic acids is 1. The van der Waals surface area contributed by atoms with Gasteiger partial charge in [0, 0.05) is 31.4 Å². The maximum absolute atomic E-state index is 11.4. The van der Waals surface area contributed by atoms with Crippen LogP contribution in [0.5, 0.6) is 5.75 Å². The van der Waals surface area contributed by atoms with Crippen LogP contribution in [-0.2, 0) is 11.3 Å². The Hall–Kier alpha value is -2.50. The van der Waals surface area contributed by atoms with Crippen LogP contribution in [-0.4, -0.2) is 40.3 Å². The highest BCUT2D eigenvalue weighted by Crippen LogP contribution is 2.44. The first-order chi connectivity index (χ1) is 14.7. The summed E-state index contributed by atoms with van der Waals surface area (Å²) in [6.45, 7) is 4.52. The fraction of sp³-hybridized carbons (Fsp3) is 0.583. The van der Waals surface area contributed by atoms with Gasteiger partial charge in [-0.3, -0.25) is 4.79 Å². The fourth-order valence-corrected chi connectivity index (χ4v) is 4.30. The number of aryl methyl sites for hydroxylation is 1. The summed E-state index contributed by atoms with van der Waals surface area (Å²) in [5, 5.41) is 9.40. The second kappa shape index (κ2) is 11.6. The number of nitrogens with zero attached hydrogens (tertiary/aromatic N) is 3. The smallest absolute Gasteiger partial charge is 0.323 e. The van der Waals surface area contributed by atoms with Crippen molar-refractivity contribution in [2.45, 2.75) is 70.8 Å². The molecule has 30 heavy (non-hydrogen) atoms. The third kappa shape index (κ3) is 6.25. The summed E-state index contributed by atoms with van der Waals surface area (Å²) in [5.74, 6) is 0.312. The first-order valence-electron chi connectivity index (χ1n) is 11.4. The number of ether oxygens (including phenoxy) is 1. The molecule has 0 aliphatic carbocycles. The van der Waals surface area contributed by atoms with Crippen LogP contribution in [0.25, 0.3) is 0 Å². The molecule has 1 aliphatic heterocycles. The molecular formula is C24H35N3O3. The monoisotopic (exact) mass is 413 g/mol. The largest absolute Gasteiger partial charge is 0.491 e. The van der Waals surface area contributed by atoms with E-state index < -0.39 is 5.97 Å². The zero-order valence-corrected chi connectivity index (χ0v) is 18.1. The molecule has 1 aromatic heterocycles. The van der Waals surface area contributed by atoms with Gasteiger partial charge in [-0.05, 0) is 24.5 Å². The third-order valence-electron chi connectivity index (χ3n) is 5.85. The summed E-state index contributed by atoms with van der Waals surface area (Å²) < 4.78 is 8.21. The average Bonchev–Trinajstić information content (AvgIpc) is 3.36. The predicted octanol–water partition coefficient (Wildman–Crippen LogP) is 5.09. The van der Waals surface area contributed by atoms with Crippen molar-refractivity contribution >= 4 is 11.7 Å². The van der Waals surface area contributed by atoms with Gasteiger partial charge in [-0.15, -0.1) is 0 Å². The number of hydrogen-bond acceptors (Lipinski definition) is 4. The van der Waals surface area contributed by atoms with Gasteiger partial charge in [-0.25, -0.2) is 4.98 Å². The number of fused-ring (bicyclic) bond motifs is 1. The van der Waals surface area contributed by atoms with E-state index >= 15 is 0 Å². The molecule has 0 saturated carbocycles. The van der Waals surface area contributed by atoms with E-state index in [0.29, 0.717) is 19.1 Å². The maximum atomic E-state index is 11.4. The number of carboxylic acid groups (broad SMARTS) is 1. The van der Waals surface area contributed by atoms with E-state index in [2.05, 4.69) is 22.5 Å². The number of rotatable bonds is 14. The molecule has 1 atom stereocenters. The molecule has 0 amide bonds. The second-order valence-corrected chi connectivity index (χ2v) is 8.22. The van der Waals surface area contributed by atoms with Gasteiger partial charge < -0.3 is 19.3 Å². The standard InChI is InChI=1S/C24H35N3O3/c1-2-3-4-5-6-7-8-16-30-22-11-9-10-21-20(12-14-26-15-13-25-19-26)17-27(24(21)22)18-23(28)29/h9-11,13,15,19-20H,2-8,12,14,16-18H2,1H3,(H,28,29). The predicted molar refractivity (Wildman–Crippen MR) is 119 cm³/mol. The van der Waals surface area contributed by atoms with Crippen LogP contribution in [0, 0.1) is 0 Å². The Labute approximate surface area is 179 Å². The molecule has 0 bridgehead atoms. The van der Waals surface area contributed by atoms with Gasteiger partial charge in [-0.2, -0.15) is 0 Å². The van der Waals surface area contributed by atoms with E-state index in [1.54, 1.807) is 6.20 Å². The van der Waals surface area contributed by atoms with E-state index in [9.17, 15) is 9.90 Å².